The van der Waals surface area contributed by atoms with Crippen molar-refractivity contribution in [3.63, 3.8) is 0 Å². The van der Waals surface area contributed by atoms with Gasteiger partial charge in [0.05, 0.1) is 13.2 Å². The van der Waals surface area contributed by atoms with Gasteiger partial charge < -0.3 is 18.6 Å². The van der Waals surface area contributed by atoms with Crippen molar-refractivity contribution in [1.29, 1.82) is 0 Å². The smallest absolute Gasteiger partial charge is 0.413 e. The van der Waals surface area contributed by atoms with E-state index in [4.69, 9.17) is 18.6 Å². The van der Waals surface area contributed by atoms with Gasteiger partial charge in [-0.25, -0.2) is 9.18 Å². The number of carbonyl (C=O) groups excluding carboxylic acids is 1. The fraction of sp³-hybridized carbons (Fsp3) is 0.750. The maximum absolute atomic E-state index is 15.5. The average Bonchev–Trinajstić information content (AvgIpc) is 3.10. The first-order chi connectivity index (χ1) is 15.6. The van der Waals surface area contributed by atoms with E-state index in [0.29, 0.717) is 0 Å². The van der Waals surface area contributed by atoms with Crippen molar-refractivity contribution < 1.29 is 27.8 Å². The lowest BCUT2D eigenvalue weighted by molar-refractivity contribution is -0.161. The van der Waals surface area contributed by atoms with E-state index in [1.807, 2.05) is 6.08 Å². The Morgan fingerprint density at radius 3 is 2.53 bits per heavy atom. The Labute approximate surface area is 209 Å². The molecule has 2 aliphatic heterocycles. The largest absolute Gasteiger partial charge is 0.445 e. The number of alkyl halides is 1. The molecule has 7 nitrogen and oxygen atoms in total. The highest BCUT2D eigenvalue weighted by molar-refractivity contribution is 8.14. The maximum Gasteiger partial charge on any atom is 0.413 e. The van der Waals surface area contributed by atoms with Gasteiger partial charge in [-0.1, -0.05) is 71.5 Å². The molecule has 1 N–H and O–H groups in total. The number of amidine groups is 1. The highest BCUT2D eigenvalue weighted by Gasteiger charge is 2.51. The number of fused-ring (bicyclic) bond motifs is 1. The summed E-state index contributed by atoms with van der Waals surface area (Å²) in [6.07, 6.45) is 1.84. The van der Waals surface area contributed by atoms with Crippen LogP contribution in [0.25, 0.3) is 0 Å². The lowest BCUT2D eigenvalue weighted by Crippen LogP contribution is -2.56. The third-order valence-electron chi connectivity index (χ3n) is 6.05. The minimum absolute atomic E-state index is 0.00342. The van der Waals surface area contributed by atoms with Gasteiger partial charge in [-0.05, 0) is 23.5 Å². The van der Waals surface area contributed by atoms with Crippen LogP contribution in [0, 0.1) is 5.41 Å². The molecule has 0 saturated carbocycles. The van der Waals surface area contributed by atoms with Crippen LogP contribution in [0.15, 0.2) is 29.8 Å². The van der Waals surface area contributed by atoms with Crippen molar-refractivity contribution in [2.45, 2.75) is 89.5 Å². The number of hydrogen-bond acceptors (Lipinski definition) is 7. The topological polar surface area (TPSA) is 78.4 Å². The van der Waals surface area contributed by atoms with Crippen molar-refractivity contribution in [3.05, 3.63) is 24.8 Å². The molecule has 2 rings (SSSR count). The Kier molecular flexibility index (Phi) is 9.98. The SMILES string of the molecule is C=CCO[C@H]1[C@H](F)[C@H]2N=C(NC(=O)OCC=CC(C)(C)C)S[C@H]2O[C@@H]1CO[Si](C)(C)C(C)(C)C. The van der Waals surface area contributed by atoms with Crippen molar-refractivity contribution in [1.82, 2.24) is 5.32 Å². The standard InChI is InChI=1S/C24H41FN2O5SSi/c1-10-13-29-19-16(15-31-34(8,9)24(5,6)7)32-20-18(17(19)25)26-21(33-20)27-22(28)30-14-11-12-23(2,3)4/h10-12,16-20H,1,13-15H2,2-9H3,(H,26,27,28)/t16-,17-,18-,19-,20-/m1/s1. The molecule has 0 aromatic heterocycles. The second-order valence-electron chi connectivity index (χ2n) is 11.2. The van der Waals surface area contributed by atoms with E-state index in [9.17, 15) is 4.79 Å². The summed E-state index contributed by atoms with van der Waals surface area (Å²) in [4.78, 5) is 16.5. The molecule has 10 heteroatoms. The Hall–Kier alpha value is -1.20. The Morgan fingerprint density at radius 1 is 1.26 bits per heavy atom. The van der Waals surface area contributed by atoms with Crippen molar-refractivity contribution in [2.24, 2.45) is 10.4 Å². The number of nitrogens with zero attached hydrogens (tertiary/aromatic N) is 1. The Bertz CT molecular complexity index is 778. The molecule has 0 radical (unpaired) electrons. The minimum Gasteiger partial charge on any atom is -0.445 e. The Morgan fingerprint density at radius 2 is 1.94 bits per heavy atom. The number of halogens is 1. The summed E-state index contributed by atoms with van der Waals surface area (Å²) in [5.74, 6) is 0. The number of ether oxygens (including phenoxy) is 3. The summed E-state index contributed by atoms with van der Waals surface area (Å²) in [5.41, 5.74) is -0.577. The summed E-state index contributed by atoms with van der Waals surface area (Å²) in [7, 11) is -2.06. The van der Waals surface area contributed by atoms with Gasteiger partial charge in [0.2, 0.25) is 0 Å². The van der Waals surface area contributed by atoms with E-state index in [2.05, 4.69) is 71.5 Å². The van der Waals surface area contributed by atoms with E-state index >= 15 is 4.39 Å². The lowest BCUT2D eigenvalue weighted by atomic mass is 9.96. The number of alkyl carbamates (subject to hydrolysis) is 1. The summed E-state index contributed by atoms with van der Waals surface area (Å²) in [6, 6.07) is -0.792. The van der Waals surface area contributed by atoms with Crippen LogP contribution in [-0.4, -0.2) is 69.3 Å². The van der Waals surface area contributed by atoms with E-state index in [1.54, 1.807) is 12.2 Å². The molecule has 2 heterocycles. The van der Waals surface area contributed by atoms with Crippen LogP contribution in [0.2, 0.25) is 18.1 Å². The van der Waals surface area contributed by atoms with Crippen LogP contribution in [0.4, 0.5) is 9.18 Å². The molecule has 0 bridgehead atoms. The number of aliphatic imine (C=N–C) groups is 1. The van der Waals surface area contributed by atoms with E-state index in [1.165, 1.54) is 11.8 Å². The van der Waals surface area contributed by atoms with E-state index in [0.717, 1.165) is 0 Å². The molecule has 194 valence electrons. The van der Waals surface area contributed by atoms with Gasteiger partial charge in [-0.15, -0.1) is 6.58 Å². The molecule has 0 spiro atoms. The number of carbonyl (C=O) groups is 1. The number of amides is 1. The average molecular weight is 517 g/mol. The zero-order chi connectivity index (χ0) is 25.7. The van der Waals surface area contributed by atoms with Crippen molar-refractivity contribution in [3.8, 4) is 0 Å². The fourth-order valence-corrected chi connectivity index (χ4v) is 5.22. The second kappa shape index (κ2) is 11.7. The number of rotatable bonds is 8. The zero-order valence-electron chi connectivity index (χ0n) is 21.7. The third kappa shape index (κ3) is 8.19. The van der Waals surface area contributed by atoms with Crippen LogP contribution in [0.5, 0.6) is 0 Å². The first-order valence-electron chi connectivity index (χ1n) is 11.7. The van der Waals surface area contributed by atoms with Crippen molar-refractivity contribution in [2.75, 3.05) is 19.8 Å². The molecule has 1 saturated heterocycles. The van der Waals surface area contributed by atoms with Gasteiger partial charge in [0, 0.05) is 0 Å². The van der Waals surface area contributed by atoms with Crippen LogP contribution in [0.1, 0.15) is 41.5 Å². The highest BCUT2D eigenvalue weighted by Crippen LogP contribution is 2.40. The zero-order valence-corrected chi connectivity index (χ0v) is 23.5. The predicted octanol–water partition coefficient (Wildman–Crippen LogP) is 5.44. The number of allylic oxidation sites excluding steroid dienone is 1. The van der Waals surface area contributed by atoms with E-state index < -0.39 is 44.3 Å². The summed E-state index contributed by atoms with van der Waals surface area (Å²) < 4.78 is 39.0. The van der Waals surface area contributed by atoms with Gasteiger partial charge >= 0.3 is 6.09 Å². The monoisotopic (exact) mass is 516 g/mol. The van der Waals surface area contributed by atoms with Crippen LogP contribution in [-0.2, 0) is 18.6 Å². The molecule has 0 aliphatic carbocycles. The molecule has 0 unspecified atom stereocenters. The Balaban J connectivity index is 2.01. The molecule has 34 heavy (non-hydrogen) atoms. The van der Waals surface area contributed by atoms with Gasteiger partial charge in [0.1, 0.15) is 30.3 Å². The molecular formula is C24H41FN2O5SSi. The number of hydrogen-bond donors (Lipinski definition) is 1. The first-order valence-corrected chi connectivity index (χ1v) is 15.5. The lowest BCUT2D eigenvalue weighted by Gasteiger charge is -2.42. The maximum atomic E-state index is 15.5. The second-order valence-corrected chi connectivity index (χ2v) is 17.1. The van der Waals surface area contributed by atoms with Crippen LogP contribution < -0.4 is 5.32 Å². The third-order valence-corrected chi connectivity index (χ3v) is 11.6. The minimum atomic E-state index is -2.06. The first kappa shape index (κ1) is 29.0. The van der Waals surface area contributed by atoms with Crippen LogP contribution in [0.3, 0.4) is 0 Å². The van der Waals surface area contributed by atoms with E-state index in [-0.39, 0.29) is 35.4 Å². The fourth-order valence-electron chi connectivity index (χ4n) is 3.12. The normalized spacial score (nSPS) is 27.9. The highest BCUT2D eigenvalue weighted by atomic mass is 32.2. The number of nitrogens with one attached hydrogen (secondary N) is 1. The van der Waals surface area contributed by atoms with Gasteiger partial charge in [-0.3, -0.25) is 10.3 Å². The van der Waals surface area contributed by atoms with Crippen molar-refractivity contribution >= 4 is 31.3 Å². The van der Waals surface area contributed by atoms with Gasteiger partial charge in [0.25, 0.3) is 0 Å². The quantitative estimate of drug-likeness (QED) is 0.342. The summed E-state index contributed by atoms with van der Waals surface area (Å²) in [5, 5.41) is 2.88. The summed E-state index contributed by atoms with van der Waals surface area (Å²) >= 11 is 1.18. The molecule has 0 aromatic rings. The molecule has 1 fully saturated rings. The van der Waals surface area contributed by atoms with Gasteiger partial charge in [0.15, 0.2) is 19.7 Å². The molecule has 5 atom stereocenters. The molecule has 2 aliphatic rings. The van der Waals surface area contributed by atoms with Gasteiger partial charge in [-0.2, -0.15) is 0 Å². The molecule has 0 aromatic carbocycles. The van der Waals surface area contributed by atoms with Crippen LogP contribution >= 0.6 is 11.8 Å². The predicted molar refractivity (Wildman–Crippen MR) is 139 cm³/mol. The summed E-state index contributed by atoms with van der Waals surface area (Å²) in [6.45, 7) is 21.1. The molecular weight excluding hydrogens is 475 g/mol. The molecule has 1 amide bonds. The number of thioether (sulfide) groups is 1.